The Bertz CT molecular complexity index is 1080. The van der Waals surface area contributed by atoms with Gasteiger partial charge in [-0.15, -0.1) is 0 Å². The fourth-order valence-corrected chi connectivity index (χ4v) is 4.55. The third-order valence-corrected chi connectivity index (χ3v) is 5.95. The van der Waals surface area contributed by atoms with Gasteiger partial charge in [0.1, 0.15) is 11.5 Å². The molecule has 5 heteroatoms. The van der Waals surface area contributed by atoms with E-state index in [-0.39, 0.29) is 17.1 Å². The lowest BCUT2D eigenvalue weighted by Gasteiger charge is -2.38. The zero-order chi connectivity index (χ0) is 21.5. The maximum absolute atomic E-state index is 13.4. The summed E-state index contributed by atoms with van der Waals surface area (Å²) in [5.41, 5.74) is 2.19. The summed E-state index contributed by atoms with van der Waals surface area (Å²) in [6.07, 6.45) is 1.04. The van der Waals surface area contributed by atoms with E-state index in [2.05, 4.69) is 19.2 Å². The van der Waals surface area contributed by atoms with Crippen molar-refractivity contribution in [3.05, 3.63) is 87.8 Å². The van der Waals surface area contributed by atoms with Gasteiger partial charge in [-0.3, -0.25) is 9.59 Å². The molecule has 0 aromatic heterocycles. The van der Waals surface area contributed by atoms with Gasteiger partial charge >= 0.3 is 0 Å². The Hall–Kier alpha value is -2.85. The quantitative estimate of drug-likeness (QED) is 0.660. The Balaban J connectivity index is 1.84. The lowest BCUT2D eigenvalue weighted by molar-refractivity contribution is -0.119. The summed E-state index contributed by atoms with van der Waals surface area (Å²) in [6, 6.07) is 16.6. The summed E-state index contributed by atoms with van der Waals surface area (Å²) in [5, 5.41) is 3.45. The second-order valence-corrected chi connectivity index (χ2v) is 9.03. The predicted octanol–water partition coefficient (Wildman–Crippen LogP) is 6.01. The number of ketones is 1. The Morgan fingerprint density at radius 2 is 1.73 bits per heavy atom. The maximum Gasteiger partial charge on any atom is 0.255 e. The van der Waals surface area contributed by atoms with Crippen LogP contribution in [-0.4, -0.2) is 11.7 Å². The van der Waals surface area contributed by atoms with Crippen LogP contribution >= 0.6 is 11.6 Å². The molecule has 2 aromatic carbocycles. The average Bonchev–Trinajstić information content (AvgIpc) is 2.67. The van der Waals surface area contributed by atoms with Gasteiger partial charge in [0, 0.05) is 29.1 Å². The van der Waals surface area contributed by atoms with Crippen LogP contribution in [0.25, 0.3) is 0 Å². The number of amides is 1. The Kier molecular flexibility index (Phi) is 5.29. The van der Waals surface area contributed by atoms with Gasteiger partial charge in [-0.1, -0.05) is 61.8 Å². The van der Waals surface area contributed by atoms with Crippen molar-refractivity contribution < 1.29 is 14.3 Å². The van der Waals surface area contributed by atoms with Crippen molar-refractivity contribution in [2.45, 2.75) is 39.5 Å². The topological polar surface area (TPSA) is 55.4 Å². The number of hydrogen-bond acceptors (Lipinski definition) is 3. The molecule has 1 aliphatic heterocycles. The van der Waals surface area contributed by atoms with Crippen molar-refractivity contribution >= 4 is 29.0 Å². The standard InChI is InChI=1S/C25H24ClNO3/c1-15-21(24(29)27-16-9-5-4-6-10-16)22(17-11-7-8-12-18(17)26)23-19(28)13-25(2,3)14-20(23)30-15/h4-12,22H,13-14H2,1-3H3,(H,27,29). The van der Waals surface area contributed by atoms with E-state index in [1.54, 1.807) is 13.0 Å². The van der Waals surface area contributed by atoms with Crippen LogP contribution in [-0.2, 0) is 14.3 Å². The highest BCUT2D eigenvalue weighted by Gasteiger charge is 2.44. The first kappa shape index (κ1) is 20.4. The number of rotatable bonds is 3. The summed E-state index contributed by atoms with van der Waals surface area (Å²) in [5.74, 6) is 0.291. The number of benzene rings is 2. The Morgan fingerprint density at radius 1 is 1.07 bits per heavy atom. The second-order valence-electron chi connectivity index (χ2n) is 8.62. The molecular weight excluding hydrogens is 398 g/mol. The molecule has 0 saturated heterocycles. The molecule has 154 valence electrons. The highest BCUT2D eigenvalue weighted by Crippen LogP contribution is 2.49. The van der Waals surface area contributed by atoms with Gasteiger partial charge in [0.2, 0.25) is 0 Å². The predicted molar refractivity (Wildman–Crippen MR) is 118 cm³/mol. The second kappa shape index (κ2) is 7.77. The summed E-state index contributed by atoms with van der Waals surface area (Å²) >= 11 is 6.54. The third-order valence-electron chi connectivity index (χ3n) is 5.60. The van der Waals surface area contributed by atoms with Crippen molar-refractivity contribution in [2.24, 2.45) is 5.41 Å². The fraction of sp³-hybridized carbons (Fsp3) is 0.280. The number of Topliss-reactive ketones (excluding diaryl/α,β-unsaturated/α-hetero) is 1. The van der Waals surface area contributed by atoms with E-state index in [9.17, 15) is 9.59 Å². The molecule has 4 nitrogen and oxygen atoms in total. The van der Waals surface area contributed by atoms with Crippen LogP contribution in [0.15, 0.2) is 77.3 Å². The highest BCUT2D eigenvalue weighted by atomic mass is 35.5. The van der Waals surface area contributed by atoms with E-state index in [0.717, 1.165) is 5.56 Å². The number of para-hydroxylation sites is 1. The molecule has 0 saturated carbocycles. The molecule has 0 radical (unpaired) electrons. The van der Waals surface area contributed by atoms with Crippen molar-refractivity contribution in [2.75, 3.05) is 5.32 Å². The molecule has 0 bridgehead atoms. The minimum absolute atomic E-state index is 0.00341. The first-order valence-corrected chi connectivity index (χ1v) is 10.4. The van der Waals surface area contributed by atoms with E-state index in [1.807, 2.05) is 48.5 Å². The molecule has 1 N–H and O–H groups in total. The van der Waals surface area contributed by atoms with E-state index >= 15 is 0 Å². The number of hydrogen-bond donors (Lipinski definition) is 1. The molecule has 2 aromatic rings. The number of allylic oxidation sites excluding steroid dienone is 3. The first-order chi connectivity index (χ1) is 14.3. The smallest absolute Gasteiger partial charge is 0.255 e. The van der Waals surface area contributed by atoms with Gasteiger partial charge in [-0.2, -0.15) is 0 Å². The van der Waals surface area contributed by atoms with Crippen LogP contribution in [0, 0.1) is 5.41 Å². The molecular formula is C25H24ClNO3. The van der Waals surface area contributed by atoms with Crippen molar-refractivity contribution in [3.8, 4) is 0 Å². The summed E-state index contributed by atoms with van der Waals surface area (Å²) in [7, 11) is 0. The summed E-state index contributed by atoms with van der Waals surface area (Å²) in [4.78, 5) is 26.6. The molecule has 2 aliphatic rings. The molecule has 1 heterocycles. The summed E-state index contributed by atoms with van der Waals surface area (Å²) in [6.45, 7) is 5.89. The molecule has 30 heavy (non-hydrogen) atoms. The van der Waals surface area contributed by atoms with E-state index < -0.39 is 5.92 Å². The molecule has 1 aliphatic carbocycles. The SMILES string of the molecule is CC1=C(C(=O)Nc2ccccc2)C(c2ccccc2Cl)C2=C(CC(C)(C)CC2=O)O1. The van der Waals surface area contributed by atoms with Gasteiger partial charge < -0.3 is 10.1 Å². The number of carbonyl (C=O) groups excluding carboxylic acids is 2. The number of anilines is 1. The van der Waals surface area contributed by atoms with Gasteiger partial charge in [-0.05, 0) is 36.1 Å². The van der Waals surface area contributed by atoms with Gasteiger partial charge in [0.25, 0.3) is 5.91 Å². The number of nitrogens with one attached hydrogen (secondary N) is 1. The lowest BCUT2D eigenvalue weighted by atomic mass is 9.69. The lowest BCUT2D eigenvalue weighted by Crippen LogP contribution is -2.35. The van der Waals surface area contributed by atoms with E-state index in [1.165, 1.54) is 0 Å². The molecule has 0 fully saturated rings. The van der Waals surface area contributed by atoms with Crippen LogP contribution in [0.4, 0.5) is 5.69 Å². The number of carbonyl (C=O) groups is 2. The zero-order valence-corrected chi connectivity index (χ0v) is 18.0. The third kappa shape index (κ3) is 3.80. The fourth-order valence-electron chi connectivity index (χ4n) is 4.31. The van der Waals surface area contributed by atoms with Crippen LogP contribution < -0.4 is 5.32 Å². The van der Waals surface area contributed by atoms with Crippen LogP contribution in [0.5, 0.6) is 0 Å². The van der Waals surface area contributed by atoms with Crippen LogP contribution in [0.1, 0.15) is 45.1 Å². The minimum atomic E-state index is -0.560. The molecule has 1 amide bonds. The Morgan fingerprint density at radius 3 is 2.43 bits per heavy atom. The largest absolute Gasteiger partial charge is 0.465 e. The molecule has 1 unspecified atom stereocenters. The highest BCUT2D eigenvalue weighted by molar-refractivity contribution is 6.31. The maximum atomic E-state index is 13.4. The number of halogens is 1. The van der Waals surface area contributed by atoms with E-state index in [4.69, 9.17) is 16.3 Å². The van der Waals surface area contributed by atoms with Gasteiger partial charge in [0.05, 0.1) is 11.5 Å². The van der Waals surface area contributed by atoms with Crippen molar-refractivity contribution in [3.63, 3.8) is 0 Å². The normalized spacial score (nSPS) is 20.5. The monoisotopic (exact) mass is 421 g/mol. The number of ether oxygens (including phenoxy) is 1. The molecule has 0 spiro atoms. The van der Waals surface area contributed by atoms with Crippen molar-refractivity contribution in [1.82, 2.24) is 0 Å². The van der Waals surface area contributed by atoms with Crippen LogP contribution in [0.2, 0.25) is 5.02 Å². The van der Waals surface area contributed by atoms with Gasteiger partial charge in [-0.25, -0.2) is 0 Å². The molecule has 1 atom stereocenters. The minimum Gasteiger partial charge on any atom is -0.465 e. The summed E-state index contributed by atoms with van der Waals surface area (Å²) < 4.78 is 6.09. The van der Waals surface area contributed by atoms with Crippen LogP contribution in [0.3, 0.4) is 0 Å². The van der Waals surface area contributed by atoms with Crippen molar-refractivity contribution in [1.29, 1.82) is 0 Å². The first-order valence-electron chi connectivity index (χ1n) is 10.0. The average molecular weight is 422 g/mol. The molecule has 4 rings (SSSR count). The van der Waals surface area contributed by atoms with Gasteiger partial charge in [0.15, 0.2) is 5.78 Å². The zero-order valence-electron chi connectivity index (χ0n) is 17.3. The Labute approximate surface area is 181 Å². The van der Waals surface area contributed by atoms with E-state index in [0.29, 0.717) is 46.2 Å².